The van der Waals surface area contributed by atoms with Gasteiger partial charge in [0.15, 0.2) is 0 Å². The maximum Gasteiger partial charge on any atom is 0.123 e. The molecule has 3 rings (SSSR count). The molecule has 1 fully saturated rings. The summed E-state index contributed by atoms with van der Waals surface area (Å²) in [6.45, 7) is 0. The summed E-state index contributed by atoms with van der Waals surface area (Å²) in [5.41, 5.74) is 9.10. The fourth-order valence-corrected chi connectivity index (χ4v) is 3.86. The fraction of sp³-hybridized carbons (Fsp3) is 0.600. The molecule has 0 heterocycles. The Kier molecular flexibility index (Phi) is 2.70. The molecule has 0 aliphatic heterocycles. The largest absolute Gasteiger partial charge is 0.327 e. The number of fused-ring (bicyclic) bond motifs is 2. The Morgan fingerprint density at radius 3 is 2.71 bits per heavy atom. The van der Waals surface area contributed by atoms with E-state index in [4.69, 9.17) is 5.73 Å². The van der Waals surface area contributed by atoms with E-state index < -0.39 is 0 Å². The molecule has 2 aliphatic carbocycles. The minimum absolute atomic E-state index is 0.106. The SMILES string of the molecule is NC1CCc2cc(F)ccc2C12CCCCC2. The van der Waals surface area contributed by atoms with E-state index in [9.17, 15) is 4.39 Å². The molecule has 2 heteroatoms. The van der Waals surface area contributed by atoms with E-state index in [1.54, 1.807) is 12.1 Å². The number of halogens is 1. The van der Waals surface area contributed by atoms with Crippen molar-refractivity contribution in [2.45, 2.75) is 56.4 Å². The number of hydrogen-bond acceptors (Lipinski definition) is 1. The van der Waals surface area contributed by atoms with Crippen molar-refractivity contribution in [1.29, 1.82) is 0 Å². The molecule has 1 atom stereocenters. The van der Waals surface area contributed by atoms with Gasteiger partial charge in [0.1, 0.15) is 5.82 Å². The first-order chi connectivity index (χ1) is 8.22. The van der Waals surface area contributed by atoms with Gasteiger partial charge in [-0.3, -0.25) is 0 Å². The van der Waals surface area contributed by atoms with Crippen molar-refractivity contribution in [3.05, 3.63) is 35.1 Å². The molecule has 2 aliphatic rings. The molecule has 1 saturated carbocycles. The molecule has 0 amide bonds. The van der Waals surface area contributed by atoms with Gasteiger partial charge < -0.3 is 5.73 Å². The lowest BCUT2D eigenvalue weighted by Crippen LogP contribution is -2.50. The van der Waals surface area contributed by atoms with Crippen molar-refractivity contribution in [3.8, 4) is 0 Å². The smallest absolute Gasteiger partial charge is 0.123 e. The third-order valence-electron chi connectivity index (χ3n) is 4.78. The van der Waals surface area contributed by atoms with Crippen molar-refractivity contribution in [2.75, 3.05) is 0 Å². The maximum absolute atomic E-state index is 13.3. The highest BCUT2D eigenvalue weighted by Gasteiger charge is 2.42. The molecule has 0 aromatic heterocycles. The number of hydrogen-bond donors (Lipinski definition) is 1. The molecule has 0 radical (unpaired) electrons. The summed E-state index contributed by atoms with van der Waals surface area (Å²) in [4.78, 5) is 0. The van der Waals surface area contributed by atoms with E-state index in [1.807, 2.05) is 6.07 Å². The normalized spacial score (nSPS) is 26.8. The van der Waals surface area contributed by atoms with E-state index in [0.29, 0.717) is 0 Å². The Morgan fingerprint density at radius 2 is 1.94 bits per heavy atom. The average Bonchev–Trinajstić information content (AvgIpc) is 2.35. The molecule has 1 unspecified atom stereocenters. The van der Waals surface area contributed by atoms with E-state index in [2.05, 4.69) is 0 Å². The first-order valence-corrected chi connectivity index (χ1v) is 6.77. The second kappa shape index (κ2) is 4.09. The third-order valence-corrected chi connectivity index (χ3v) is 4.78. The molecule has 0 saturated heterocycles. The van der Waals surface area contributed by atoms with Crippen molar-refractivity contribution >= 4 is 0 Å². The highest BCUT2D eigenvalue weighted by Crippen LogP contribution is 2.46. The summed E-state index contributed by atoms with van der Waals surface area (Å²) in [7, 11) is 0. The topological polar surface area (TPSA) is 26.0 Å². The van der Waals surface area contributed by atoms with Crippen LogP contribution in [0.5, 0.6) is 0 Å². The first-order valence-electron chi connectivity index (χ1n) is 6.77. The highest BCUT2D eigenvalue weighted by atomic mass is 19.1. The van der Waals surface area contributed by atoms with Gasteiger partial charge in [-0.2, -0.15) is 0 Å². The van der Waals surface area contributed by atoms with Crippen LogP contribution in [0.15, 0.2) is 18.2 Å². The van der Waals surface area contributed by atoms with Gasteiger partial charge in [0.25, 0.3) is 0 Å². The summed E-state index contributed by atoms with van der Waals surface area (Å²) < 4.78 is 13.3. The van der Waals surface area contributed by atoms with Crippen LogP contribution in [0.1, 0.15) is 49.7 Å². The van der Waals surface area contributed by atoms with Crippen molar-refractivity contribution in [3.63, 3.8) is 0 Å². The van der Waals surface area contributed by atoms with Crippen LogP contribution in [0.25, 0.3) is 0 Å². The van der Waals surface area contributed by atoms with E-state index in [1.165, 1.54) is 43.2 Å². The molecule has 92 valence electrons. The van der Waals surface area contributed by atoms with Crippen molar-refractivity contribution in [2.24, 2.45) is 5.73 Å². The summed E-state index contributed by atoms with van der Waals surface area (Å²) in [5.74, 6) is -0.106. The molecular weight excluding hydrogens is 213 g/mol. The Hall–Kier alpha value is -0.890. The lowest BCUT2D eigenvalue weighted by atomic mass is 9.60. The number of rotatable bonds is 0. The second-order valence-corrected chi connectivity index (χ2v) is 5.66. The summed E-state index contributed by atoms with van der Waals surface area (Å²) in [5, 5.41) is 0. The predicted molar refractivity (Wildman–Crippen MR) is 67.5 cm³/mol. The van der Waals surface area contributed by atoms with Crippen LogP contribution in [-0.4, -0.2) is 6.04 Å². The number of aryl methyl sites for hydroxylation is 1. The molecule has 1 spiro atoms. The number of benzene rings is 1. The molecule has 17 heavy (non-hydrogen) atoms. The zero-order valence-corrected chi connectivity index (χ0v) is 10.2. The zero-order chi connectivity index (χ0) is 11.9. The lowest BCUT2D eigenvalue weighted by molar-refractivity contribution is 0.221. The Bertz CT molecular complexity index is 421. The van der Waals surface area contributed by atoms with Gasteiger partial charge in [-0.15, -0.1) is 0 Å². The van der Waals surface area contributed by atoms with Gasteiger partial charge in [-0.25, -0.2) is 4.39 Å². The summed E-state index contributed by atoms with van der Waals surface area (Å²) >= 11 is 0. The second-order valence-electron chi connectivity index (χ2n) is 5.66. The quantitative estimate of drug-likeness (QED) is 0.731. The van der Waals surface area contributed by atoms with Crippen LogP contribution in [0.4, 0.5) is 4.39 Å². The lowest BCUT2D eigenvalue weighted by Gasteiger charge is -2.46. The van der Waals surface area contributed by atoms with Crippen LogP contribution < -0.4 is 5.73 Å². The summed E-state index contributed by atoms with van der Waals surface area (Å²) in [6.07, 6.45) is 8.19. The minimum Gasteiger partial charge on any atom is -0.327 e. The molecule has 0 bridgehead atoms. The van der Waals surface area contributed by atoms with E-state index >= 15 is 0 Å². The third kappa shape index (κ3) is 1.70. The van der Waals surface area contributed by atoms with Crippen LogP contribution in [0, 0.1) is 5.82 Å². The van der Waals surface area contributed by atoms with Gasteiger partial charge in [0, 0.05) is 11.5 Å². The van der Waals surface area contributed by atoms with Crippen LogP contribution in [-0.2, 0) is 11.8 Å². The van der Waals surface area contributed by atoms with E-state index in [0.717, 1.165) is 12.8 Å². The van der Waals surface area contributed by atoms with Crippen molar-refractivity contribution in [1.82, 2.24) is 0 Å². The average molecular weight is 233 g/mol. The molecule has 1 nitrogen and oxygen atoms in total. The van der Waals surface area contributed by atoms with Crippen LogP contribution in [0.2, 0.25) is 0 Å². The van der Waals surface area contributed by atoms with Crippen LogP contribution >= 0.6 is 0 Å². The van der Waals surface area contributed by atoms with Crippen molar-refractivity contribution < 1.29 is 4.39 Å². The first kappa shape index (κ1) is 11.2. The standard InChI is InChI=1S/C15H20FN/c16-12-5-6-13-11(10-12)4-7-14(17)15(13)8-2-1-3-9-15/h5-6,10,14H,1-4,7-9,17H2. The van der Waals surface area contributed by atoms with Gasteiger partial charge in [0.05, 0.1) is 0 Å². The highest BCUT2D eigenvalue weighted by molar-refractivity contribution is 5.39. The zero-order valence-electron chi connectivity index (χ0n) is 10.2. The maximum atomic E-state index is 13.3. The Balaban J connectivity index is 2.09. The van der Waals surface area contributed by atoms with Gasteiger partial charge in [-0.05, 0) is 48.9 Å². The molecule has 1 aromatic rings. The van der Waals surface area contributed by atoms with Gasteiger partial charge in [0.2, 0.25) is 0 Å². The monoisotopic (exact) mass is 233 g/mol. The molecular formula is C15H20FN. The van der Waals surface area contributed by atoms with Gasteiger partial charge >= 0.3 is 0 Å². The summed E-state index contributed by atoms with van der Waals surface area (Å²) in [6, 6.07) is 5.58. The predicted octanol–water partition coefficient (Wildman–Crippen LogP) is 3.30. The Morgan fingerprint density at radius 1 is 1.18 bits per heavy atom. The Labute approximate surface area is 102 Å². The minimum atomic E-state index is -0.106. The fourth-order valence-electron chi connectivity index (χ4n) is 3.86. The molecule has 1 aromatic carbocycles. The van der Waals surface area contributed by atoms with Gasteiger partial charge in [-0.1, -0.05) is 25.3 Å². The van der Waals surface area contributed by atoms with E-state index in [-0.39, 0.29) is 17.3 Å². The molecule has 2 N–H and O–H groups in total. The van der Waals surface area contributed by atoms with Crippen LogP contribution in [0.3, 0.4) is 0 Å². The number of nitrogens with two attached hydrogens (primary N) is 1.